The normalized spacial score (nSPS) is 30.2. The number of halogens is 1. The first kappa shape index (κ1) is 10.5. The zero-order valence-electron chi connectivity index (χ0n) is 7.64. The Labute approximate surface area is 86.1 Å². The first-order valence-corrected chi connectivity index (χ1v) is 7.63. The van der Waals surface area contributed by atoms with Gasteiger partial charge >= 0.3 is 86.1 Å². The van der Waals surface area contributed by atoms with Gasteiger partial charge in [0.05, 0.1) is 0 Å². The average Bonchev–Trinajstić information content (AvgIpc) is 2.14. The summed E-state index contributed by atoms with van der Waals surface area (Å²) in [6, 6.07) is 0. The van der Waals surface area contributed by atoms with Crippen molar-refractivity contribution in [1.29, 1.82) is 0 Å². The van der Waals surface area contributed by atoms with E-state index in [1.807, 2.05) is 0 Å². The van der Waals surface area contributed by atoms with Crippen LogP contribution in [0.1, 0.15) is 32.1 Å². The van der Waals surface area contributed by atoms with Crippen LogP contribution in [0.4, 0.5) is 0 Å². The summed E-state index contributed by atoms with van der Waals surface area (Å²) >= 11 is 0.398. The van der Waals surface area contributed by atoms with E-state index in [9.17, 15) is 0 Å². The van der Waals surface area contributed by atoms with E-state index >= 15 is 0 Å². The maximum absolute atomic E-state index is 5.71. The van der Waals surface area contributed by atoms with Crippen molar-refractivity contribution in [3.05, 3.63) is 12.2 Å². The van der Waals surface area contributed by atoms with Gasteiger partial charge in [-0.3, -0.25) is 0 Å². The summed E-state index contributed by atoms with van der Waals surface area (Å²) < 4.78 is 2.35. The van der Waals surface area contributed by atoms with E-state index in [1.165, 1.54) is 36.5 Å². The average molecular weight is 280 g/mol. The third-order valence-corrected chi connectivity index (χ3v) is 5.79. The van der Waals surface area contributed by atoms with Gasteiger partial charge < -0.3 is 0 Å². The first-order chi connectivity index (χ1) is 5.93. The molecule has 0 fully saturated rings. The fraction of sp³-hybridized carbons (Fsp3) is 0.800. The predicted molar refractivity (Wildman–Crippen MR) is 49.9 cm³/mol. The van der Waals surface area contributed by atoms with Crippen molar-refractivity contribution in [2.24, 2.45) is 5.73 Å². The second-order valence-electron chi connectivity index (χ2n) is 3.23. The topological polar surface area (TPSA) is 26.0 Å². The number of allylic oxidation sites excluding steroid dienone is 2. The fourth-order valence-corrected chi connectivity index (χ4v) is 4.22. The molecule has 0 bridgehead atoms. The van der Waals surface area contributed by atoms with Crippen LogP contribution in [0.15, 0.2) is 12.2 Å². The number of alkyl halides is 2. The zero-order valence-corrected chi connectivity index (χ0v) is 9.79. The zero-order chi connectivity index (χ0) is 8.65. The second kappa shape index (κ2) is 6.89. The summed E-state index contributed by atoms with van der Waals surface area (Å²) in [4.78, 5) is 0. The number of hydrogen-bond donors (Lipinski definition) is 1. The summed E-state index contributed by atoms with van der Waals surface area (Å²) in [6.07, 6.45) is 11.5. The molecule has 1 atom stereocenters. The van der Waals surface area contributed by atoms with Crippen molar-refractivity contribution in [3.8, 4) is 0 Å². The summed E-state index contributed by atoms with van der Waals surface area (Å²) in [6.45, 7) is 0.914. The van der Waals surface area contributed by atoms with Gasteiger partial charge in [-0.25, -0.2) is 0 Å². The van der Waals surface area contributed by atoms with Crippen molar-refractivity contribution >= 4 is 0 Å². The Bertz CT molecular complexity index is 134. The monoisotopic (exact) mass is 280 g/mol. The molecule has 2 heteroatoms. The molecule has 0 amide bonds. The first-order valence-electron chi connectivity index (χ1n) is 4.86. The third kappa shape index (κ3) is 4.45. The minimum atomic E-state index is 0.398. The van der Waals surface area contributed by atoms with Gasteiger partial charge in [-0.05, 0) is 0 Å². The molecule has 1 nitrogen and oxygen atoms in total. The number of hydrogen-bond acceptors (Lipinski definition) is 1. The van der Waals surface area contributed by atoms with Crippen LogP contribution in [0, 0.1) is 0 Å². The molecule has 0 saturated carbocycles. The van der Waals surface area contributed by atoms with E-state index < -0.39 is 0 Å². The molecule has 0 aliphatic carbocycles. The Morgan fingerprint density at radius 3 is 3.00 bits per heavy atom. The van der Waals surface area contributed by atoms with E-state index in [4.69, 9.17) is 5.73 Å². The van der Waals surface area contributed by atoms with Crippen molar-refractivity contribution in [2.75, 3.05) is 11.0 Å². The van der Waals surface area contributed by atoms with Gasteiger partial charge in [-0.15, -0.1) is 0 Å². The van der Waals surface area contributed by atoms with Crippen LogP contribution in [0.5, 0.6) is 0 Å². The fourth-order valence-electron chi connectivity index (χ4n) is 1.35. The number of rotatable bonds is 1. The van der Waals surface area contributed by atoms with Crippen molar-refractivity contribution in [3.63, 3.8) is 0 Å². The van der Waals surface area contributed by atoms with Gasteiger partial charge in [-0.1, -0.05) is 0 Å². The van der Waals surface area contributed by atoms with Crippen molar-refractivity contribution in [1.82, 2.24) is 0 Å². The van der Waals surface area contributed by atoms with Crippen LogP contribution in [-0.4, -0.2) is 14.9 Å². The van der Waals surface area contributed by atoms with E-state index in [2.05, 4.69) is 12.2 Å². The standard InChI is InChI=1S/C10H19IN/c12-9-10-7-5-3-1-2-4-6-8-11-10/h3,5,10H,1-2,4,6-9,12H2/q-1/b5-3-. The van der Waals surface area contributed by atoms with Gasteiger partial charge in [0.2, 0.25) is 0 Å². The quantitative estimate of drug-likeness (QED) is 0.369. The van der Waals surface area contributed by atoms with Crippen LogP contribution >= 0.6 is 0 Å². The van der Waals surface area contributed by atoms with E-state index in [0.717, 1.165) is 10.5 Å². The summed E-state index contributed by atoms with van der Waals surface area (Å²) in [5.74, 6) is 0. The third-order valence-electron chi connectivity index (χ3n) is 2.15. The molecule has 1 unspecified atom stereocenters. The van der Waals surface area contributed by atoms with Crippen LogP contribution in [-0.2, 0) is 0 Å². The predicted octanol–water partition coefficient (Wildman–Crippen LogP) is -1.08. The molecule has 1 heterocycles. The molecule has 1 aliphatic heterocycles. The molecule has 0 saturated heterocycles. The van der Waals surface area contributed by atoms with Gasteiger partial charge in [0.25, 0.3) is 0 Å². The van der Waals surface area contributed by atoms with E-state index in [-0.39, 0.29) is 0 Å². The molecule has 1 rings (SSSR count). The SMILES string of the molecule is NCC1C/C=C\CCCCC[I-]1. The molecule has 1 aliphatic rings. The molecule has 0 radical (unpaired) electrons. The van der Waals surface area contributed by atoms with Crippen molar-refractivity contribution in [2.45, 2.75) is 36.0 Å². The second-order valence-corrected chi connectivity index (χ2v) is 6.95. The molecule has 72 valence electrons. The Hall–Kier alpha value is 0.430. The van der Waals surface area contributed by atoms with Crippen LogP contribution < -0.4 is 26.9 Å². The Balaban J connectivity index is 2.29. The van der Waals surface area contributed by atoms with Crippen LogP contribution in [0.25, 0.3) is 0 Å². The summed E-state index contributed by atoms with van der Waals surface area (Å²) in [5.41, 5.74) is 5.71. The van der Waals surface area contributed by atoms with Crippen LogP contribution in [0.2, 0.25) is 0 Å². The van der Waals surface area contributed by atoms with Crippen LogP contribution in [0.3, 0.4) is 0 Å². The molecule has 0 aromatic heterocycles. The molecule has 12 heavy (non-hydrogen) atoms. The molecule has 2 N–H and O–H groups in total. The van der Waals surface area contributed by atoms with Gasteiger partial charge in [0, 0.05) is 0 Å². The Morgan fingerprint density at radius 1 is 1.25 bits per heavy atom. The van der Waals surface area contributed by atoms with Gasteiger partial charge in [0.1, 0.15) is 0 Å². The molecular formula is C10H19IN-. The molecule has 0 aromatic rings. The van der Waals surface area contributed by atoms with Gasteiger partial charge in [-0.2, -0.15) is 0 Å². The minimum absolute atomic E-state index is 0.398. The van der Waals surface area contributed by atoms with E-state index in [1.54, 1.807) is 0 Å². The molecule has 0 aromatic carbocycles. The maximum atomic E-state index is 5.71. The van der Waals surface area contributed by atoms with E-state index in [0.29, 0.717) is 21.2 Å². The molecule has 0 spiro atoms. The Kier molecular flexibility index (Phi) is 6.04. The number of nitrogens with two attached hydrogens (primary N) is 1. The summed E-state index contributed by atoms with van der Waals surface area (Å²) in [5, 5.41) is 0. The Morgan fingerprint density at radius 2 is 2.17 bits per heavy atom. The van der Waals surface area contributed by atoms with Crippen molar-refractivity contribution < 1.29 is 21.2 Å². The molecular weight excluding hydrogens is 261 g/mol. The summed E-state index contributed by atoms with van der Waals surface area (Å²) in [7, 11) is 0. The van der Waals surface area contributed by atoms with Gasteiger partial charge in [0.15, 0.2) is 0 Å².